The van der Waals surface area contributed by atoms with Gasteiger partial charge in [-0.05, 0) is 34.9 Å². The van der Waals surface area contributed by atoms with Crippen LogP contribution in [-0.2, 0) is 0 Å². The van der Waals surface area contributed by atoms with E-state index in [2.05, 4.69) is 79.4 Å². The fourth-order valence-corrected chi connectivity index (χ4v) is 3.63. The van der Waals surface area contributed by atoms with E-state index in [4.69, 9.17) is 0 Å². The average Bonchev–Trinajstić information content (AvgIpc) is 2.55. The van der Waals surface area contributed by atoms with Gasteiger partial charge in [-0.25, -0.2) is 0 Å². The van der Waals surface area contributed by atoms with Gasteiger partial charge in [0.2, 0.25) is 0 Å². The Bertz CT molecular complexity index is 731. The Morgan fingerprint density at radius 2 is 1.57 bits per heavy atom. The molecule has 1 heteroatoms. The fraction of sp³-hybridized carbons (Fsp3) is 0.100. The van der Waals surface area contributed by atoms with E-state index in [0.717, 1.165) is 6.42 Å². The van der Waals surface area contributed by atoms with Gasteiger partial charge in [0.25, 0.3) is 0 Å². The molecule has 0 heterocycles. The molecule has 21 heavy (non-hydrogen) atoms. The summed E-state index contributed by atoms with van der Waals surface area (Å²) in [6.45, 7) is 3.92. The number of benzene rings is 3. The van der Waals surface area contributed by atoms with E-state index < -0.39 is 0 Å². The van der Waals surface area contributed by atoms with Crippen LogP contribution in [0.1, 0.15) is 17.2 Å². The van der Waals surface area contributed by atoms with Gasteiger partial charge in [-0.2, -0.15) is 0 Å². The Labute approximate surface area is 130 Å². The topological polar surface area (TPSA) is 0 Å². The van der Waals surface area contributed by atoms with Crippen molar-refractivity contribution >= 4 is 22.5 Å². The molecule has 3 aromatic rings. The van der Waals surface area contributed by atoms with E-state index in [1.807, 2.05) is 17.8 Å². The standard InChI is InChI=1S/C20H18S/c1-2-8-20(21-19-11-4-3-5-12-19)18-14-13-16-9-6-7-10-17(16)15-18/h2-7,9-15,20H,1,8H2. The summed E-state index contributed by atoms with van der Waals surface area (Å²) in [5, 5.41) is 3.01. The van der Waals surface area contributed by atoms with Gasteiger partial charge in [-0.3, -0.25) is 0 Å². The Balaban J connectivity index is 1.93. The maximum Gasteiger partial charge on any atom is 0.0379 e. The third kappa shape index (κ3) is 3.37. The van der Waals surface area contributed by atoms with Crippen LogP contribution >= 0.6 is 11.8 Å². The third-order valence-electron chi connectivity index (χ3n) is 3.55. The molecule has 1 atom stereocenters. The molecule has 0 amide bonds. The summed E-state index contributed by atoms with van der Waals surface area (Å²) in [6.07, 6.45) is 2.98. The van der Waals surface area contributed by atoms with Gasteiger partial charge in [-0.1, -0.05) is 66.7 Å². The van der Waals surface area contributed by atoms with Crippen molar-refractivity contribution in [2.75, 3.05) is 0 Å². The normalized spacial score (nSPS) is 12.2. The molecule has 3 aromatic carbocycles. The van der Waals surface area contributed by atoms with Crippen LogP contribution < -0.4 is 0 Å². The zero-order valence-electron chi connectivity index (χ0n) is 11.9. The first-order valence-corrected chi connectivity index (χ1v) is 8.06. The average molecular weight is 290 g/mol. The number of thioether (sulfide) groups is 1. The highest BCUT2D eigenvalue weighted by molar-refractivity contribution is 7.99. The zero-order chi connectivity index (χ0) is 14.5. The second kappa shape index (κ2) is 6.64. The van der Waals surface area contributed by atoms with E-state index in [1.165, 1.54) is 21.2 Å². The van der Waals surface area contributed by atoms with Crippen molar-refractivity contribution in [2.24, 2.45) is 0 Å². The first-order chi connectivity index (χ1) is 10.4. The highest BCUT2D eigenvalue weighted by Crippen LogP contribution is 2.38. The molecule has 0 N–H and O–H groups in total. The van der Waals surface area contributed by atoms with E-state index >= 15 is 0 Å². The van der Waals surface area contributed by atoms with Crippen molar-refractivity contribution in [1.82, 2.24) is 0 Å². The smallest absolute Gasteiger partial charge is 0.0379 e. The van der Waals surface area contributed by atoms with Crippen molar-refractivity contribution in [3.63, 3.8) is 0 Å². The summed E-state index contributed by atoms with van der Waals surface area (Å²) >= 11 is 1.90. The predicted molar refractivity (Wildman–Crippen MR) is 93.8 cm³/mol. The maximum absolute atomic E-state index is 3.92. The minimum Gasteiger partial charge on any atom is -0.118 e. The molecule has 0 bridgehead atoms. The van der Waals surface area contributed by atoms with Crippen LogP contribution in [-0.4, -0.2) is 0 Å². The highest BCUT2D eigenvalue weighted by atomic mass is 32.2. The summed E-state index contributed by atoms with van der Waals surface area (Å²) in [4.78, 5) is 1.30. The lowest BCUT2D eigenvalue weighted by Crippen LogP contribution is -1.93. The quantitative estimate of drug-likeness (QED) is 0.395. The predicted octanol–water partition coefficient (Wildman–Crippen LogP) is 6.25. The van der Waals surface area contributed by atoms with Gasteiger partial charge in [0.05, 0.1) is 0 Å². The summed E-state index contributed by atoms with van der Waals surface area (Å²) in [5.41, 5.74) is 1.36. The fourth-order valence-electron chi connectivity index (χ4n) is 2.48. The molecule has 0 saturated carbocycles. The molecule has 104 valence electrons. The lowest BCUT2D eigenvalue weighted by molar-refractivity contribution is 0.973. The van der Waals surface area contributed by atoms with Crippen molar-refractivity contribution in [3.8, 4) is 0 Å². The third-order valence-corrected chi connectivity index (χ3v) is 4.84. The van der Waals surface area contributed by atoms with Gasteiger partial charge in [0, 0.05) is 10.1 Å². The molecule has 0 aliphatic carbocycles. The van der Waals surface area contributed by atoms with Gasteiger partial charge in [-0.15, -0.1) is 18.3 Å². The van der Waals surface area contributed by atoms with Crippen molar-refractivity contribution < 1.29 is 0 Å². The molecular formula is C20H18S. The van der Waals surface area contributed by atoms with Gasteiger partial charge in [0.15, 0.2) is 0 Å². The molecule has 0 spiro atoms. The summed E-state index contributed by atoms with van der Waals surface area (Å²) in [5.74, 6) is 0. The summed E-state index contributed by atoms with van der Waals surface area (Å²) in [6, 6.07) is 25.9. The second-order valence-corrected chi connectivity index (χ2v) is 6.33. The zero-order valence-corrected chi connectivity index (χ0v) is 12.7. The number of fused-ring (bicyclic) bond motifs is 1. The number of hydrogen-bond acceptors (Lipinski definition) is 1. The Hall–Kier alpha value is -1.99. The lowest BCUT2D eigenvalue weighted by atomic mass is 10.0. The Morgan fingerprint density at radius 1 is 0.857 bits per heavy atom. The van der Waals surface area contributed by atoms with Crippen LogP contribution in [0.4, 0.5) is 0 Å². The SMILES string of the molecule is C=CCC(Sc1ccccc1)c1ccc2ccccc2c1. The van der Waals surface area contributed by atoms with Crippen molar-refractivity contribution in [1.29, 1.82) is 0 Å². The van der Waals surface area contributed by atoms with Crippen LogP contribution in [0, 0.1) is 0 Å². The molecule has 3 rings (SSSR count). The molecular weight excluding hydrogens is 272 g/mol. The molecule has 0 aliphatic heterocycles. The molecule has 0 radical (unpaired) electrons. The van der Waals surface area contributed by atoms with Crippen LogP contribution in [0.15, 0.2) is 90.3 Å². The first kappa shape index (κ1) is 14.0. The van der Waals surface area contributed by atoms with Gasteiger partial charge < -0.3 is 0 Å². The van der Waals surface area contributed by atoms with Crippen LogP contribution in [0.25, 0.3) is 10.8 Å². The molecule has 0 saturated heterocycles. The van der Waals surface area contributed by atoms with Crippen LogP contribution in [0.3, 0.4) is 0 Å². The molecule has 0 nitrogen and oxygen atoms in total. The lowest BCUT2D eigenvalue weighted by Gasteiger charge is -2.16. The molecule has 1 unspecified atom stereocenters. The monoisotopic (exact) mass is 290 g/mol. The van der Waals surface area contributed by atoms with Gasteiger partial charge >= 0.3 is 0 Å². The largest absolute Gasteiger partial charge is 0.118 e. The Morgan fingerprint density at radius 3 is 2.33 bits per heavy atom. The highest BCUT2D eigenvalue weighted by Gasteiger charge is 2.12. The second-order valence-electron chi connectivity index (χ2n) is 5.05. The molecule has 0 aromatic heterocycles. The number of rotatable bonds is 5. The van der Waals surface area contributed by atoms with Crippen molar-refractivity contribution in [2.45, 2.75) is 16.6 Å². The summed E-state index contributed by atoms with van der Waals surface area (Å²) < 4.78 is 0. The van der Waals surface area contributed by atoms with Gasteiger partial charge in [0.1, 0.15) is 0 Å². The van der Waals surface area contributed by atoms with Crippen molar-refractivity contribution in [3.05, 3.63) is 91.0 Å². The van der Waals surface area contributed by atoms with E-state index in [9.17, 15) is 0 Å². The first-order valence-electron chi connectivity index (χ1n) is 7.18. The van der Waals surface area contributed by atoms with E-state index in [0.29, 0.717) is 5.25 Å². The number of hydrogen-bond donors (Lipinski definition) is 0. The van der Waals surface area contributed by atoms with E-state index in [-0.39, 0.29) is 0 Å². The maximum atomic E-state index is 3.92. The van der Waals surface area contributed by atoms with Crippen LogP contribution in [0.2, 0.25) is 0 Å². The van der Waals surface area contributed by atoms with Crippen LogP contribution in [0.5, 0.6) is 0 Å². The molecule has 0 aliphatic rings. The molecule has 0 fully saturated rings. The van der Waals surface area contributed by atoms with E-state index in [1.54, 1.807) is 0 Å². The number of allylic oxidation sites excluding steroid dienone is 1. The minimum atomic E-state index is 0.412. The minimum absolute atomic E-state index is 0.412. The Kier molecular flexibility index (Phi) is 4.42. The summed E-state index contributed by atoms with van der Waals surface area (Å²) in [7, 11) is 0.